The Bertz CT molecular complexity index is 257. The number of aromatic nitrogens is 1. The summed E-state index contributed by atoms with van der Waals surface area (Å²) in [6, 6.07) is 5.40. The molecule has 0 bridgehead atoms. The molecule has 0 N–H and O–H groups in total. The van der Waals surface area contributed by atoms with Crippen molar-refractivity contribution >= 4 is 13.4 Å². The van der Waals surface area contributed by atoms with Gasteiger partial charge in [0.05, 0.1) is 0 Å². The average molecular weight is 116 g/mol. The van der Waals surface area contributed by atoms with Gasteiger partial charge in [0.2, 0.25) is 0 Å². The Morgan fingerprint density at radius 1 is 1.67 bits per heavy atom. The average Bonchev–Trinajstić information content (AvgIpc) is 2.15. The van der Waals surface area contributed by atoms with E-state index in [1.165, 1.54) is 0 Å². The standard InChI is InChI=1S/C6H5BN2/c1-9-5(4-8)2-3-6(9)7/h2-3H,1H3. The monoisotopic (exact) mass is 116 g/mol. The van der Waals surface area contributed by atoms with Crippen LogP contribution in [0.3, 0.4) is 0 Å². The SMILES string of the molecule is [B]c1ccc(C#N)n1C. The summed E-state index contributed by atoms with van der Waals surface area (Å²) in [6.07, 6.45) is 0. The first-order valence-electron chi connectivity index (χ1n) is 2.57. The number of hydrogen-bond acceptors (Lipinski definition) is 1. The van der Waals surface area contributed by atoms with Gasteiger partial charge in [-0.05, 0) is 11.7 Å². The van der Waals surface area contributed by atoms with E-state index in [1.807, 2.05) is 6.07 Å². The molecule has 0 saturated heterocycles. The van der Waals surface area contributed by atoms with Gasteiger partial charge >= 0.3 is 0 Å². The van der Waals surface area contributed by atoms with Crippen LogP contribution in [0.4, 0.5) is 0 Å². The normalized spacial score (nSPS) is 8.89. The van der Waals surface area contributed by atoms with Crippen molar-refractivity contribution in [3.63, 3.8) is 0 Å². The summed E-state index contributed by atoms with van der Waals surface area (Å²) >= 11 is 0. The van der Waals surface area contributed by atoms with Crippen LogP contribution >= 0.6 is 0 Å². The molecule has 0 aromatic carbocycles. The first-order chi connectivity index (χ1) is 4.25. The van der Waals surface area contributed by atoms with Gasteiger partial charge in [-0.15, -0.1) is 0 Å². The molecule has 1 rings (SSSR count). The van der Waals surface area contributed by atoms with E-state index in [-0.39, 0.29) is 0 Å². The Morgan fingerprint density at radius 2 is 2.33 bits per heavy atom. The first kappa shape index (κ1) is 5.96. The van der Waals surface area contributed by atoms with Crippen molar-refractivity contribution in [2.24, 2.45) is 7.05 Å². The lowest BCUT2D eigenvalue weighted by Gasteiger charge is -1.94. The van der Waals surface area contributed by atoms with E-state index in [4.69, 9.17) is 13.1 Å². The van der Waals surface area contributed by atoms with Gasteiger partial charge in [0.25, 0.3) is 0 Å². The predicted molar refractivity (Wildman–Crippen MR) is 35.5 cm³/mol. The molecule has 0 aliphatic heterocycles. The maximum atomic E-state index is 8.41. The highest BCUT2D eigenvalue weighted by Crippen LogP contribution is 1.91. The zero-order valence-corrected chi connectivity index (χ0v) is 5.13. The summed E-state index contributed by atoms with van der Waals surface area (Å²) in [6.45, 7) is 0. The van der Waals surface area contributed by atoms with Crippen molar-refractivity contribution in [1.29, 1.82) is 5.26 Å². The molecule has 2 radical (unpaired) electrons. The third-order valence-electron chi connectivity index (χ3n) is 1.28. The number of nitriles is 1. The second kappa shape index (κ2) is 1.98. The van der Waals surface area contributed by atoms with Crippen LogP contribution in [-0.4, -0.2) is 12.4 Å². The van der Waals surface area contributed by atoms with E-state index in [1.54, 1.807) is 23.7 Å². The quantitative estimate of drug-likeness (QED) is 0.427. The molecule has 0 spiro atoms. The zero-order valence-electron chi connectivity index (χ0n) is 5.13. The summed E-state index contributed by atoms with van der Waals surface area (Å²) in [7, 11) is 7.19. The van der Waals surface area contributed by atoms with E-state index in [0.717, 1.165) is 0 Å². The van der Waals surface area contributed by atoms with Gasteiger partial charge in [-0.3, -0.25) is 0 Å². The number of rotatable bonds is 0. The molecule has 1 aromatic heterocycles. The largest absolute Gasteiger partial charge is 0.350 e. The van der Waals surface area contributed by atoms with Crippen LogP contribution in [0.15, 0.2) is 12.1 Å². The maximum absolute atomic E-state index is 8.41. The summed E-state index contributed by atoms with van der Waals surface area (Å²) in [5.41, 5.74) is 1.21. The second-order valence-corrected chi connectivity index (χ2v) is 1.81. The Kier molecular flexibility index (Phi) is 1.31. The van der Waals surface area contributed by atoms with Crippen LogP contribution in [-0.2, 0) is 7.05 Å². The molecule has 1 heterocycles. The van der Waals surface area contributed by atoms with Crippen LogP contribution in [0.25, 0.3) is 0 Å². The van der Waals surface area contributed by atoms with Crippen LogP contribution in [0.5, 0.6) is 0 Å². The fraction of sp³-hybridized carbons (Fsp3) is 0.167. The molecule has 0 saturated carbocycles. The van der Waals surface area contributed by atoms with Crippen LogP contribution < -0.4 is 5.59 Å². The molecule has 3 heteroatoms. The van der Waals surface area contributed by atoms with E-state index in [9.17, 15) is 0 Å². The van der Waals surface area contributed by atoms with E-state index >= 15 is 0 Å². The molecule has 0 fully saturated rings. The van der Waals surface area contributed by atoms with Gasteiger partial charge in [0, 0.05) is 7.05 Å². The maximum Gasteiger partial charge on any atom is 0.138 e. The molecule has 0 amide bonds. The minimum atomic E-state index is 0.590. The summed E-state index contributed by atoms with van der Waals surface area (Å²) in [5.74, 6) is 0. The fourth-order valence-electron chi connectivity index (χ4n) is 0.639. The lowest BCUT2D eigenvalue weighted by atomic mass is 10.1. The highest BCUT2D eigenvalue weighted by Gasteiger charge is 1.95. The molecule has 9 heavy (non-hydrogen) atoms. The Labute approximate surface area is 55.1 Å². The first-order valence-corrected chi connectivity index (χ1v) is 2.57. The van der Waals surface area contributed by atoms with Gasteiger partial charge in [0.15, 0.2) is 0 Å². The van der Waals surface area contributed by atoms with Crippen molar-refractivity contribution in [2.45, 2.75) is 0 Å². The zero-order chi connectivity index (χ0) is 6.85. The number of hydrogen-bond donors (Lipinski definition) is 0. The summed E-state index contributed by atoms with van der Waals surface area (Å²) < 4.78 is 1.64. The molecular formula is C6H5BN2. The van der Waals surface area contributed by atoms with Crippen molar-refractivity contribution in [3.8, 4) is 6.07 Å². The third kappa shape index (κ3) is 0.835. The molecule has 42 valence electrons. The van der Waals surface area contributed by atoms with Gasteiger partial charge < -0.3 is 4.57 Å². The Hall–Kier alpha value is -1.17. The van der Waals surface area contributed by atoms with Gasteiger partial charge in [-0.1, -0.05) is 6.07 Å². The molecular weight excluding hydrogens is 111 g/mol. The van der Waals surface area contributed by atoms with Crippen molar-refractivity contribution < 1.29 is 0 Å². The third-order valence-corrected chi connectivity index (χ3v) is 1.28. The van der Waals surface area contributed by atoms with Gasteiger partial charge in [0.1, 0.15) is 19.6 Å². The van der Waals surface area contributed by atoms with Gasteiger partial charge in [-0.25, -0.2) is 0 Å². The van der Waals surface area contributed by atoms with E-state index in [2.05, 4.69) is 0 Å². The Balaban J connectivity index is 3.24. The molecule has 2 nitrogen and oxygen atoms in total. The molecule has 0 unspecified atom stereocenters. The Morgan fingerprint density at radius 3 is 2.56 bits per heavy atom. The molecule has 0 aliphatic rings. The fourth-order valence-corrected chi connectivity index (χ4v) is 0.639. The minimum absolute atomic E-state index is 0.590. The van der Waals surface area contributed by atoms with E-state index in [0.29, 0.717) is 11.3 Å². The predicted octanol–water partition coefficient (Wildman–Crippen LogP) is -0.309. The lowest BCUT2D eigenvalue weighted by Crippen LogP contribution is -2.13. The van der Waals surface area contributed by atoms with Crippen molar-refractivity contribution in [3.05, 3.63) is 17.8 Å². The molecule has 0 aliphatic carbocycles. The lowest BCUT2D eigenvalue weighted by molar-refractivity contribution is 0.937. The highest BCUT2D eigenvalue weighted by atomic mass is 14.9. The van der Waals surface area contributed by atoms with Crippen molar-refractivity contribution in [2.75, 3.05) is 0 Å². The summed E-state index contributed by atoms with van der Waals surface area (Å²) in [4.78, 5) is 0. The minimum Gasteiger partial charge on any atom is -0.350 e. The molecule has 1 aromatic rings. The van der Waals surface area contributed by atoms with E-state index < -0.39 is 0 Å². The number of nitrogens with zero attached hydrogens (tertiary/aromatic N) is 2. The van der Waals surface area contributed by atoms with Crippen LogP contribution in [0.1, 0.15) is 5.69 Å². The van der Waals surface area contributed by atoms with Crippen LogP contribution in [0.2, 0.25) is 0 Å². The van der Waals surface area contributed by atoms with Gasteiger partial charge in [-0.2, -0.15) is 5.26 Å². The topological polar surface area (TPSA) is 28.7 Å². The summed E-state index contributed by atoms with van der Waals surface area (Å²) in [5, 5.41) is 8.41. The van der Waals surface area contributed by atoms with Crippen LogP contribution in [0, 0.1) is 11.3 Å². The van der Waals surface area contributed by atoms with Crippen molar-refractivity contribution in [1.82, 2.24) is 4.57 Å². The smallest absolute Gasteiger partial charge is 0.138 e. The molecule has 0 atom stereocenters. The second-order valence-electron chi connectivity index (χ2n) is 1.81. The highest BCUT2D eigenvalue weighted by molar-refractivity contribution is 6.31.